The highest BCUT2D eigenvalue weighted by Gasteiger charge is 2.33. The number of carbonyl (C=O) groups excluding carboxylic acids is 1. The third-order valence-electron chi connectivity index (χ3n) is 6.25. The average Bonchev–Trinajstić information content (AvgIpc) is 3.57. The quantitative estimate of drug-likeness (QED) is 0.155. The minimum atomic E-state index is -0.612. The van der Waals surface area contributed by atoms with E-state index in [4.69, 9.17) is 37.4 Å². The van der Waals surface area contributed by atoms with Gasteiger partial charge in [0.25, 0.3) is 5.56 Å². The van der Waals surface area contributed by atoms with Gasteiger partial charge in [0, 0.05) is 4.88 Å². The van der Waals surface area contributed by atoms with Crippen molar-refractivity contribution in [1.82, 2.24) is 4.57 Å². The topological polar surface area (TPSA) is 79.1 Å². The maximum atomic E-state index is 13.8. The number of fused-ring (bicyclic) bond motifs is 1. The van der Waals surface area contributed by atoms with Crippen LogP contribution in [0.15, 0.2) is 68.9 Å². The molecule has 0 N–H and O–H groups in total. The number of thiazole rings is 1. The van der Waals surface area contributed by atoms with Gasteiger partial charge in [-0.15, -0.1) is 11.3 Å². The lowest BCUT2D eigenvalue weighted by Crippen LogP contribution is -2.39. The van der Waals surface area contributed by atoms with Crippen molar-refractivity contribution in [3.63, 3.8) is 0 Å². The SMILES string of the molecule is CCOC(=O)C1=C(C)N=c2s/c(=C\c3cc(I)c(OCc4ccc(Cl)c(Cl)c4)c(OC)c3)c(=O)n2[C@H]1c1cccs1. The van der Waals surface area contributed by atoms with Crippen molar-refractivity contribution in [1.29, 1.82) is 0 Å². The van der Waals surface area contributed by atoms with Crippen LogP contribution in [0.25, 0.3) is 6.08 Å². The largest absolute Gasteiger partial charge is 0.493 e. The van der Waals surface area contributed by atoms with Gasteiger partial charge in [-0.25, -0.2) is 9.79 Å². The number of thiophene rings is 1. The highest BCUT2D eigenvalue weighted by Crippen LogP contribution is 2.36. The smallest absolute Gasteiger partial charge is 0.338 e. The first-order valence-electron chi connectivity index (χ1n) is 12.4. The minimum absolute atomic E-state index is 0.227. The first-order valence-corrected chi connectivity index (χ1v) is 15.9. The highest BCUT2D eigenvalue weighted by atomic mass is 127. The fourth-order valence-corrected chi connectivity index (χ4v) is 7.38. The van der Waals surface area contributed by atoms with Gasteiger partial charge < -0.3 is 14.2 Å². The van der Waals surface area contributed by atoms with Crippen LogP contribution in [-0.4, -0.2) is 24.3 Å². The average molecular weight is 741 g/mol. The Kier molecular flexibility index (Phi) is 9.24. The minimum Gasteiger partial charge on any atom is -0.493 e. The van der Waals surface area contributed by atoms with Crippen LogP contribution in [0.3, 0.4) is 0 Å². The first-order chi connectivity index (χ1) is 19.7. The fraction of sp³-hybridized carbons (Fsp3) is 0.207. The number of carbonyl (C=O) groups is 1. The first kappa shape index (κ1) is 29.8. The third kappa shape index (κ3) is 6.12. The molecule has 1 aliphatic rings. The number of hydrogen-bond acceptors (Lipinski definition) is 8. The number of allylic oxidation sites excluding steroid dienone is 1. The Bertz CT molecular complexity index is 1850. The summed E-state index contributed by atoms with van der Waals surface area (Å²) in [5.41, 5.74) is 2.28. The second-order valence-electron chi connectivity index (χ2n) is 8.89. The number of hydrogen-bond donors (Lipinski definition) is 0. The molecule has 1 atom stereocenters. The van der Waals surface area contributed by atoms with E-state index in [2.05, 4.69) is 27.6 Å². The number of aromatic nitrogens is 1. The molecule has 0 amide bonds. The van der Waals surface area contributed by atoms with Gasteiger partial charge in [0.1, 0.15) is 12.6 Å². The summed E-state index contributed by atoms with van der Waals surface area (Å²) in [4.78, 5) is 32.8. The molecule has 0 spiro atoms. The molecule has 2 aromatic carbocycles. The van der Waals surface area contributed by atoms with E-state index >= 15 is 0 Å². The Morgan fingerprint density at radius 2 is 2.00 bits per heavy atom. The second-order valence-corrected chi connectivity index (χ2v) is 12.9. The highest BCUT2D eigenvalue weighted by molar-refractivity contribution is 14.1. The van der Waals surface area contributed by atoms with E-state index in [1.54, 1.807) is 43.7 Å². The van der Waals surface area contributed by atoms with Crippen molar-refractivity contribution in [2.24, 2.45) is 4.99 Å². The van der Waals surface area contributed by atoms with Crippen molar-refractivity contribution in [2.45, 2.75) is 26.5 Å². The molecule has 0 fully saturated rings. The van der Waals surface area contributed by atoms with E-state index in [9.17, 15) is 9.59 Å². The molecule has 41 heavy (non-hydrogen) atoms. The molecule has 0 radical (unpaired) electrons. The molecule has 0 unspecified atom stereocenters. The summed E-state index contributed by atoms with van der Waals surface area (Å²) < 4.78 is 19.9. The molecule has 1 aliphatic heterocycles. The van der Waals surface area contributed by atoms with Crippen LogP contribution in [0.1, 0.15) is 35.9 Å². The van der Waals surface area contributed by atoms with Gasteiger partial charge in [0.15, 0.2) is 16.3 Å². The molecule has 0 bridgehead atoms. The lowest BCUT2D eigenvalue weighted by molar-refractivity contribution is -0.139. The predicted molar refractivity (Wildman–Crippen MR) is 171 cm³/mol. The van der Waals surface area contributed by atoms with Crippen LogP contribution >= 0.6 is 68.5 Å². The zero-order chi connectivity index (χ0) is 29.3. The molecule has 212 valence electrons. The van der Waals surface area contributed by atoms with E-state index in [0.717, 1.165) is 19.6 Å². The monoisotopic (exact) mass is 740 g/mol. The molecule has 7 nitrogen and oxygen atoms in total. The zero-order valence-electron chi connectivity index (χ0n) is 22.1. The number of methoxy groups -OCH3 is 1. The number of esters is 1. The zero-order valence-corrected chi connectivity index (χ0v) is 27.4. The summed E-state index contributed by atoms with van der Waals surface area (Å²) in [6, 6.07) is 12.3. The van der Waals surface area contributed by atoms with Crippen LogP contribution in [0, 0.1) is 3.57 Å². The maximum absolute atomic E-state index is 13.8. The van der Waals surface area contributed by atoms with Gasteiger partial charge in [0.05, 0.1) is 43.1 Å². The van der Waals surface area contributed by atoms with E-state index in [0.29, 0.717) is 42.1 Å². The van der Waals surface area contributed by atoms with Crippen LogP contribution in [0.5, 0.6) is 11.5 Å². The molecule has 4 aromatic rings. The molecule has 12 heteroatoms. The Balaban J connectivity index is 1.54. The standard InChI is InChI=1S/C29H23Cl2IN2O5S2/c1-4-38-28(36)24-15(2)33-29-34(25(24)22-6-5-9-40-22)27(35)23(41-29)13-17-11-20(32)26(21(12-17)37-3)39-14-16-7-8-18(30)19(31)10-16/h5-13,25H,4,14H2,1-3H3/b23-13-/t25-/m0/s1. The summed E-state index contributed by atoms with van der Waals surface area (Å²) in [5, 5.41) is 2.85. The van der Waals surface area contributed by atoms with Crippen LogP contribution in [-0.2, 0) is 16.1 Å². The van der Waals surface area contributed by atoms with Crippen LogP contribution in [0.2, 0.25) is 10.0 Å². The number of rotatable bonds is 8. The van der Waals surface area contributed by atoms with Gasteiger partial charge >= 0.3 is 5.97 Å². The van der Waals surface area contributed by atoms with Crippen molar-refractivity contribution in [3.05, 3.63) is 108 Å². The molecular formula is C29H23Cl2IN2O5S2. The molecule has 2 aromatic heterocycles. The molecule has 3 heterocycles. The summed E-state index contributed by atoms with van der Waals surface area (Å²) in [5.74, 6) is 0.621. The Labute approximate surface area is 267 Å². The third-order valence-corrected chi connectivity index (χ3v) is 9.69. The molecule has 5 rings (SSSR count). The summed E-state index contributed by atoms with van der Waals surface area (Å²) in [6.45, 7) is 4.02. The fourth-order valence-electron chi connectivity index (χ4n) is 4.41. The van der Waals surface area contributed by atoms with E-state index in [1.165, 1.54) is 22.7 Å². The molecule has 0 saturated heterocycles. The van der Waals surface area contributed by atoms with E-state index in [1.807, 2.05) is 35.7 Å². The Morgan fingerprint density at radius 1 is 1.20 bits per heavy atom. The van der Waals surface area contributed by atoms with Gasteiger partial charge in [0.2, 0.25) is 0 Å². The van der Waals surface area contributed by atoms with Gasteiger partial charge in [-0.3, -0.25) is 9.36 Å². The van der Waals surface area contributed by atoms with E-state index in [-0.39, 0.29) is 18.8 Å². The van der Waals surface area contributed by atoms with Crippen LogP contribution in [0.4, 0.5) is 0 Å². The van der Waals surface area contributed by atoms with Crippen LogP contribution < -0.4 is 24.4 Å². The second kappa shape index (κ2) is 12.7. The van der Waals surface area contributed by atoms with Crippen molar-refractivity contribution in [3.8, 4) is 11.5 Å². The van der Waals surface area contributed by atoms with Crippen molar-refractivity contribution in [2.75, 3.05) is 13.7 Å². The van der Waals surface area contributed by atoms with Crippen molar-refractivity contribution < 1.29 is 19.0 Å². The van der Waals surface area contributed by atoms with Gasteiger partial charge in [-0.2, -0.15) is 0 Å². The molecule has 0 saturated carbocycles. The van der Waals surface area contributed by atoms with E-state index < -0.39 is 12.0 Å². The predicted octanol–water partition coefficient (Wildman–Crippen LogP) is 6.36. The maximum Gasteiger partial charge on any atom is 0.338 e. The Morgan fingerprint density at radius 3 is 2.68 bits per heavy atom. The molecule has 0 aliphatic carbocycles. The summed E-state index contributed by atoms with van der Waals surface area (Å²) in [6.07, 6.45) is 1.80. The lowest BCUT2D eigenvalue weighted by atomic mass is 10.0. The number of ether oxygens (including phenoxy) is 3. The number of halogens is 3. The van der Waals surface area contributed by atoms with Gasteiger partial charge in [-0.1, -0.05) is 46.7 Å². The lowest BCUT2D eigenvalue weighted by Gasteiger charge is -2.23. The number of nitrogens with zero attached hydrogens (tertiary/aromatic N) is 2. The molecular weight excluding hydrogens is 718 g/mol. The number of benzene rings is 2. The Hall–Kier alpha value is -2.64. The van der Waals surface area contributed by atoms with Gasteiger partial charge in [-0.05, 0) is 89.4 Å². The van der Waals surface area contributed by atoms with Crippen molar-refractivity contribution >= 4 is 80.5 Å². The summed E-state index contributed by atoms with van der Waals surface area (Å²) in [7, 11) is 1.57. The normalized spacial score (nSPS) is 15.0. The summed E-state index contributed by atoms with van der Waals surface area (Å²) >= 11 is 17.1.